The Morgan fingerprint density at radius 2 is 2.10 bits per heavy atom. The highest BCUT2D eigenvalue weighted by molar-refractivity contribution is 5.01. The van der Waals surface area contributed by atoms with Gasteiger partial charge in [0.1, 0.15) is 0 Å². The van der Waals surface area contributed by atoms with Gasteiger partial charge in [-0.3, -0.25) is 4.68 Å². The van der Waals surface area contributed by atoms with E-state index in [9.17, 15) is 0 Å². The predicted molar refractivity (Wildman–Crippen MR) is 89.3 cm³/mol. The molecule has 1 N–H and O–H groups in total. The van der Waals surface area contributed by atoms with Crippen LogP contribution in [0.4, 0.5) is 0 Å². The fraction of sp³-hybridized carbons (Fsp3) is 0.833. The summed E-state index contributed by atoms with van der Waals surface area (Å²) in [4.78, 5) is 0. The normalized spacial score (nSPS) is 26.1. The quantitative estimate of drug-likeness (QED) is 0.786. The van der Waals surface area contributed by atoms with Crippen LogP contribution in [0.15, 0.2) is 12.3 Å². The van der Waals surface area contributed by atoms with Crippen LogP contribution in [0.1, 0.15) is 64.5 Å². The average molecular weight is 291 g/mol. The lowest BCUT2D eigenvalue weighted by Gasteiger charge is -2.37. The zero-order valence-corrected chi connectivity index (χ0v) is 14.1. The highest BCUT2D eigenvalue weighted by Gasteiger charge is 2.29. The number of aromatic nitrogens is 2. The lowest BCUT2D eigenvalue weighted by Crippen LogP contribution is -2.41. The molecule has 2 rings (SSSR count). The summed E-state index contributed by atoms with van der Waals surface area (Å²) < 4.78 is 2.03. The van der Waals surface area contributed by atoms with E-state index in [1.54, 1.807) is 0 Å². The maximum atomic E-state index is 4.29. The van der Waals surface area contributed by atoms with E-state index in [1.807, 2.05) is 10.9 Å². The molecule has 0 aliphatic heterocycles. The number of nitrogens with one attached hydrogen (secondary N) is 1. The SMILES string of the molecule is CCCNC1CCC(CCC)CC1CCc1ccnn1C. The molecule has 1 aliphatic rings. The number of rotatable bonds is 8. The third kappa shape index (κ3) is 4.84. The van der Waals surface area contributed by atoms with Crippen molar-refractivity contribution < 1.29 is 0 Å². The smallest absolute Gasteiger partial charge is 0.0492 e. The van der Waals surface area contributed by atoms with E-state index in [0.29, 0.717) is 0 Å². The van der Waals surface area contributed by atoms with E-state index >= 15 is 0 Å². The summed E-state index contributed by atoms with van der Waals surface area (Å²) in [5.41, 5.74) is 1.38. The summed E-state index contributed by atoms with van der Waals surface area (Å²) in [5, 5.41) is 8.10. The minimum atomic E-state index is 0.742. The van der Waals surface area contributed by atoms with E-state index in [1.165, 1.54) is 63.6 Å². The summed E-state index contributed by atoms with van der Waals surface area (Å²) in [6, 6.07) is 2.91. The molecule has 120 valence electrons. The molecule has 3 unspecified atom stereocenters. The molecule has 3 heteroatoms. The van der Waals surface area contributed by atoms with Crippen molar-refractivity contribution in [2.24, 2.45) is 18.9 Å². The van der Waals surface area contributed by atoms with Crippen LogP contribution in [0.5, 0.6) is 0 Å². The Morgan fingerprint density at radius 3 is 2.76 bits per heavy atom. The average Bonchev–Trinajstić information content (AvgIpc) is 2.90. The van der Waals surface area contributed by atoms with E-state index in [-0.39, 0.29) is 0 Å². The molecule has 3 atom stereocenters. The summed E-state index contributed by atoms with van der Waals surface area (Å²) in [7, 11) is 2.06. The molecule has 3 nitrogen and oxygen atoms in total. The van der Waals surface area contributed by atoms with Crippen LogP contribution in [-0.4, -0.2) is 22.4 Å². The molecule has 1 saturated carbocycles. The van der Waals surface area contributed by atoms with Gasteiger partial charge in [-0.05, 0) is 63.0 Å². The third-order valence-electron chi connectivity index (χ3n) is 5.14. The fourth-order valence-electron chi connectivity index (χ4n) is 3.93. The van der Waals surface area contributed by atoms with Gasteiger partial charge in [0.2, 0.25) is 0 Å². The van der Waals surface area contributed by atoms with Gasteiger partial charge in [0.15, 0.2) is 0 Å². The molecule has 0 aromatic carbocycles. The molecule has 0 radical (unpaired) electrons. The molecule has 1 fully saturated rings. The van der Waals surface area contributed by atoms with Crippen LogP contribution in [0.2, 0.25) is 0 Å². The monoisotopic (exact) mass is 291 g/mol. The maximum absolute atomic E-state index is 4.29. The fourth-order valence-corrected chi connectivity index (χ4v) is 3.93. The summed E-state index contributed by atoms with van der Waals surface area (Å²) in [6.07, 6.45) is 12.6. The van der Waals surface area contributed by atoms with Gasteiger partial charge in [-0.1, -0.05) is 26.7 Å². The highest BCUT2D eigenvalue weighted by Crippen LogP contribution is 2.34. The summed E-state index contributed by atoms with van der Waals surface area (Å²) in [5.74, 6) is 1.81. The first-order valence-corrected chi connectivity index (χ1v) is 8.94. The Labute approximate surface area is 130 Å². The van der Waals surface area contributed by atoms with Crippen LogP contribution >= 0.6 is 0 Å². The van der Waals surface area contributed by atoms with Crippen molar-refractivity contribution >= 4 is 0 Å². The van der Waals surface area contributed by atoms with E-state index in [0.717, 1.165) is 17.9 Å². The molecule has 1 aromatic heterocycles. The molecule has 0 spiro atoms. The predicted octanol–water partition coefficient (Wildman–Crippen LogP) is 3.94. The zero-order chi connectivity index (χ0) is 15.1. The van der Waals surface area contributed by atoms with E-state index in [2.05, 4.69) is 37.4 Å². The summed E-state index contributed by atoms with van der Waals surface area (Å²) in [6.45, 7) is 5.76. The second-order valence-electron chi connectivity index (χ2n) is 6.77. The minimum absolute atomic E-state index is 0.742. The van der Waals surface area contributed by atoms with Crippen LogP contribution < -0.4 is 5.32 Å². The van der Waals surface area contributed by atoms with Crippen molar-refractivity contribution in [1.29, 1.82) is 0 Å². The van der Waals surface area contributed by atoms with E-state index < -0.39 is 0 Å². The number of nitrogens with zero attached hydrogens (tertiary/aromatic N) is 2. The molecule has 0 bridgehead atoms. The number of hydrogen-bond acceptors (Lipinski definition) is 2. The van der Waals surface area contributed by atoms with E-state index in [4.69, 9.17) is 0 Å². The van der Waals surface area contributed by atoms with Crippen molar-refractivity contribution in [1.82, 2.24) is 15.1 Å². The van der Waals surface area contributed by atoms with Gasteiger partial charge in [-0.2, -0.15) is 5.10 Å². The van der Waals surface area contributed by atoms with Crippen molar-refractivity contribution in [2.45, 2.75) is 71.3 Å². The van der Waals surface area contributed by atoms with Gasteiger partial charge in [0.05, 0.1) is 0 Å². The lowest BCUT2D eigenvalue weighted by atomic mass is 9.74. The molecule has 1 aliphatic carbocycles. The lowest BCUT2D eigenvalue weighted by molar-refractivity contribution is 0.185. The third-order valence-corrected chi connectivity index (χ3v) is 5.14. The number of hydrogen-bond donors (Lipinski definition) is 1. The van der Waals surface area contributed by atoms with Crippen molar-refractivity contribution in [3.8, 4) is 0 Å². The second-order valence-corrected chi connectivity index (χ2v) is 6.77. The van der Waals surface area contributed by atoms with Gasteiger partial charge in [-0.25, -0.2) is 0 Å². The van der Waals surface area contributed by atoms with Gasteiger partial charge >= 0.3 is 0 Å². The number of aryl methyl sites for hydroxylation is 2. The maximum Gasteiger partial charge on any atom is 0.0492 e. The zero-order valence-electron chi connectivity index (χ0n) is 14.1. The standard InChI is InChI=1S/C18H33N3/c1-4-6-15-7-10-18(19-12-5-2)16(14-15)8-9-17-11-13-20-21(17)3/h11,13,15-16,18-19H,4-10,12,14H2,1-3H3. The molecule has 1 heterocycles. The van der Waals surface area contributed by atoms with Gasteiger partial charge in [-0.15, -0.1) is 0 Å². The molecule has 0 amide bonds. The van der Waals surface area contributed by atoms with Crippen LogP contribution in [0, 0.1) is 11.8 Å². The Balaban J connectivity index is 1.90. The van der Waals surface area contributed by atoms with Gasteiger partial charge in [0, 0.05) is 25.0 Å². The molecular formula is C18H33N3. The Kier molecular flexibility index (Phi) is 6.75. The largest absolute Gasteiger partial charge is 0.314 e. The van der Waals surface area contributed by atoms with Crippen LogP contribution in [0.3, 0.4) is 0 Å². The first-order valence-electron chi connectivity index (χ1n) is 8.94. The van der Waals surface area contributed by atoms with Crippen molar-refractivity contribution in [3.63, 3.8) is 0 Å². The van der Waals surface area contributed by atoms with Crippen molar-refractivity contribution in [3.05, 3.63) is 18.0 Å². The van der Waals surface area contributed by atoms with Gasteiger partial charge in [0.25, 0.3) is 0 Å². The molecule has 0 saturated heterocycles. The molecular weight excluding hydrogens is 258 g/mol. The minimum Gasteiger partial charge on any atom is -0.314 e. The molecule has 21 heavy (non-hydrogen) atoms. The summed E-state index contributed by atoms with van der Waals surface area (Å²) >= 11 is 0. The van der Waals surface area contributed by atoms with Gasteiger partial charge < -0.3 is 5.32 Å². The van der Waals surface area contributed by atoms with Crippen LogP contribution in [0.25, 0.3) is 0 Å². The Bertz CT molecular complexity index is 399. The topological polar surface area (TPSA) is 29.9 Å². The second kappa shape index (κ2) is 8.57. The molecule has 1 aromatic rings. The highest BCUT2D eigenvalue weighted by atomic mass is 15.2. The van der Waals surface area contributed by atoms with Crippen molar-refractivity contribution in [2.75, 3.05) is 6.54 Å². The first-order chi connectivity index (χ1) is 10.2. The van der Waals surface area contributed by atoms with Crippen LogP contribution in [-0.2, 0) is 13.5 Å². The Hall–Kier alpha value is -0.830. The Morgan fingerprint density at radius 1 is 1.24 bits per heavy atom. The first kappa shape index (κ1) is 16.5.